The minimum absolute atomic E-state index is 0.0282. The number of nitrogens with one attached hydrogen (secondary N) is 2. The van der Waals surface area contributed by atoms with Crippen molar-refractivity contribution in [3.8, 4) is 0 Å². The molecule has 1 aliphatic heterocycles. The van der Waals surface area contributed by atoms with Crippen LogP contribution in [0.3, 0.4) is 0 Å². The molecule has 2 unspecified atom stereocenters. The van der Waals surface area contributed by atoms with Gasteiger partial charge in [0.05, 0.1) is 12.6 Å². The summed E-state index contributed by atoms with van der Waals surface area (Å²) in [4.78, 5) is 11.5. The Hall–Kier alpha value is -0.810. The van der Waals surface area contributed by atoms with E-state index < -0.39 is 11.7 Å². The van der Waals surface area contributed by atoms with Gasteiger partial charge in [0.2, 0.25) is 0 Å². The first kappa shape index (κ1) is 13.3. The average molecular weight is 230 g/mol. The average Bonchev–Trinajstić information content (AvgIpc) is 2.15. The summed E-state index contributed by atoms with van der Waals surface area (Å²) in [6.07, 6.45) is 1.45. The first-order valence-corrected chi connectivity index (χ1v) is 5.76. The van der Waals surface area contributed by atoms with Gasteiger partial charge in [-0.25, -0.2) is 4.79 Å². The van der Waals surface area contributed by atoms with E-state index in [4.69, 9.17) is 9.84 Å². The minimum atomic E-state index is -0.485. The molecule has 0 radical (unpaired) electrons. The summed E-state index contributed by atoms with van der Waals surface area (Å²) in [5.41, 5.74) is -0.485. The number of amides is 1. The number of carbonyl (C=O) groups is 1. The quantitative estimate of drug-likeness (QED) is 0.650. The van der Waals surface area contributed by atoms with Gasteiger partial charge in [0.15, 0.2) is 0 Å². The van der Waals surface area contributed by atoms with Gasteiger partial charge in [-0.1, -0.05) is 0 Å². The van der Waals surface area contributed by atoms with Crippen LogP contribution in [-0.4, -0.2) is 42.0 Å². The SMILES string of the molecule is CC(C)(C)OC(=O)NC1CCCNC1CO. The third kappa shape index (κ3) is 4.37. The van der Waals surface area contributed by atoms with Gasteiger partial charge < -0.3 is 20.5 Å². The van der Waals surface area contributed by atoms with Gasteiger partial charge in [0, 0.05) is 6.04 Å². The number of hydrogen-bond acceptors (Lipinski definition) is 4. The lowest BCUT2D eigenvalue weighted by atomic mass is 9.99. The molecule has 94 valence electrons. The van der Waals surface area contributed by atoms with Crippen LogP contribution in [0.5, 0.6) is 0 Å². The van der Waals surface area contributed by atoms with E-state index in [2.05, 4.69) is 10.6 Å². The molecule has 16 heavy (non-hydrogen) atoms. The lowest BCUT2D eigenvalue weighted by molar-refractivity contribution is 0.0468. The van der Waals surface area contributed by atoms with Crippen LogP contribution in [0.4, 0.5) is 4.79 Å². The number of carbonyl (C=O) groups excluding carboxylic acids is 1. The van der Waals surface area contributed by atoms with Crippen molar-refractivity contribution in [1.29, 1.82) is 0 Å². The number of piperidine rings is 1. The Morgan fingerprint density at radius 3 is 2.81 bits per heavy atom. The molecule has 1 heterocycles. The molecular formula is C11H22N2O3. The van der Waals surface area contributed by atoms with E-state index in [0.29, 0.717) is 0 Å². The third-order valence-electron chi connectivity index (χ3n) is 2.48. The summed E-state index contributed by atoms with van der Waals surface area (Å²) in [5, 5.41) is 15.1. The smallest absolute Gasteiger partial charge is 0.407 e. The van der Waals surface area contributed by atoms with Crippen molar-refractivity contribution >= 4 is 6.09 Å². The van der Waals surface area contributed by atoms with Crippen molar-refractivity contribution in [2.24, 2.45) is 0 Å². The van der Waals surface area contributed by atoms with Crippen molar-refractivity contribution in [3.05, 3.63) is 0 Å². The lowest BCUT2D eigenvalue weighted by Crippen LogP contribution is -2.55. The van der Waals surface area contributed by atoms with Crippen LogP contribution in [0.2, 0.25) is 0 Å². The van der Waals surface area contributed by atoms with Crippen molar-refractivity contribution < 1.29 is 14.6 Å². The van der Waals surface area contributed by atoms with Crippen molar-refractivity contribution in [2.75, 3.05) is 13.2 Å². The number of rotatable bonds is 2. The zero-order chi connectivity index (χ0) is 12.2. The summed E-state index contributed by atoms with van der Waals surface area (Å²) < 4.78 is 5.17. The van der Waals surface area contributed by atoms with E-state index in [1.54, 1.807) is 0 Å². The molecule has 5 heteroatoms. The Bertz CT molecular complexity index is 238. The maximum atomic E-state index is 11.5. The van der Waals surface area contributed by atoms with Crippen LogP contribution in [0, 0.1) is 0 Å². The largest absolute Gasteiger partial charge is 0.444 e. The van der Waals surface area contributed by atoms with Crippen LogP contribution in [-0.2, 0) is 4.74 Å². The predicted molar refractivity (Wildman–Crippen MR) is 61.3 cm³/mol. The number of aliphatic hydroxyl groups is 1. The molecule has 1 aliphatic rings. The van der Waals surface area contributed by atoms with Crippen LogP contribution >= 0.6 is 0 Å². The molecule has 1 rings (SSSR count). The molecule has 0 aromatic heterocycles. The maximum Gasteiger partial charge on any atom is 0.407 e. The van der Waals surface area contributed by atoms with Gasteiger partial charge >= 0.3 is 6.09 Å². The van der Waals surface area contributed by atoms with E-state index >= 15 is 0 Å². The fraction of sp³-hybridized carbons (Fsp3) is 0.909. The Kier molecular flexibility index (Phi) is 4.56. The van der Waals surface area contributed by atoms with E-state index in [1.165, 1.54) is 0 Å². The fourth-order valence-corrected chi connectivity index (χ4v) is 1.78. The Balaban J connectivity index is 2.42. The molecule has 0 bridgehead atoms. The van der Waals surface area contributed by atoms with E-state index in [-0.39, 0.29) is 18.7 Å². The molecular weight excluding hydrogens is 208 g/mol. The zero-order valence-corrected chi connectivity index (χ0v) is 10.2. The standard InChI is InChI=1S/C11H22N2O3/c1-11(2,3)16-10(15)13-8-5-4-6-12-9(8)7-14/h8-9,12,14H,4-7H2,1-3H3,(H,13,15). The molecule has 1 fully saturated rings. The summed E-state index contributed by atoms with van der Waals surface area (Å²) >= 11 is 0. The maximum absolute atomic E-state index is 11.5. The lowest BCUT2D eigenvalue weighted by Gasteiger charge is -2.32. The molecule has 0 aliphatic carbocycles. The summed E-state index contributed by atoms with van der Waals surface area (Å²) in [6.45, 7) is 6.40. The highest BCUT2D eigenvalue weighted by Gasteiger charge is 2.27. The molecule has 1 saturated heterocycles. The summed E-state index contributed by atoms with van der Waals surface area (Å²) in [5.74, 6) is 0. The molecule has 3 N–H and O–H groups in total. The van der Waals surface area contributed by atoms with Crippen molar-refractivity contribution in [1.82, 2.24) is 10.6 Å². The molecule has 2 atom stereocenters. The second-order valence-corrected chi connectivity index (χ2v) is 5.14. The number of hydrogen-bond donors (Lipinski definition) is 3. The van der Waals surface area contributed by atoms with Gasteiger partial charge in [-0.05, 0) is 40.2 Å². The second kappa shape index (κ2) is 5.50. The highest BCUT2D eigenvalue weighted by atomic mass is 16.6. The monoisotopic (exact) mass is 230 g/mol. The van der Waals surface area contributed by atoms with Gasteiger partial charge in [-0.3, -0.25) is 0 Å². The molecule has 0 aromatic carbocycles. The highest BCUT2D eigenvalue weighted by Crippen LogP contribution is 2.11. The molecule has 5 nitrogen and oxygen atoms in total. The Morgan fingerprint density at radius 2 is 2.25 bits per heavy atom. The van der Waals surface area contributed by atoms with Gasteiger partial charge in [-0.2, -0.15) is 0 Å². The van der Waals surface area contributed by atoms with Crippen LogP contribution < -0.4 is 10.6 Å². The molecule has 0 aromatic rings. The molecule has 0 saturated carbocycles. The second-order valence-electron chi connectivity index (χ2n) is 5.14. The predicted octanol–water partition coefficient (Wildman–Crippen LogP) is 0.624. The minimum Gasteiger partial charge on any atom is -0.444 e. The number of ether oxygens (including phenoxy) is 1. The Morgan fingerprint density at radius 1 is 1.56 bits per heavy atom. The van der Waals surface area contributed by atoms with E-state index in [9.17, 15) is 4.79 Å². The van der Waals surface area contributed by atoms with Crippen molar-refractivity contribution in [3.63, 3.8) is 0 Å². The summed E-state index contributed by atoms with van der Waals surface area (Å²) in [6, 6.07) is -0.116. The Labute approximate surface area is 96.6 Å². The van der Waals surface area contributed by atoms with Crippen LogP contribution in [0.25, 0.3) is 0 Å². The van der Waals surface area contributed by atoms with E-state index in [1.807, 2.05) is 20.8 Å². The van der Waals surface area contributed by atoms with Crippen LogP contribution in [0.15, 0.2) is 0 Å². The van der Waals surface area contributed by atoms with Crippen molar-refractivity contribution in [2.45, 2.75) is 51.3 Å². The van der Waals surface area contributed by atoms with Gasteiger partial charge in [-0.15, -0.1) is 0 Å². The topological polar surface area (TPSA) is 70.6 Å². The first-order valence-electron chi connectivity index (χ1n) is 5.76. The van der Waals surface area contributed by atoms with Gasteiger partial charge in [0.1, 0.15) is 5.60 Å². The first-order chi connectivity index (χ1) is 7.42. The zero-order valence-electron chi connectivity index (χ0n) is 10.2. The third-order valence-corrected chi connectivity index (χ3v) is 2.48. The number of alkyl carbamates (subject to hydrolysis) is 1. The normalized spacial score (nSPS) is 26.2. The highest BCUT2D eigenvalue weighted by molar-refractivity contribution is 5.68. The van der Waals surface area contributed by atoms with E-state index in [0.717, 1.165) is 19.4 Å². The number of aliphatic hydroxyl groups excluding tert-OH is 1. The van der Waals surface area contributed by atoms with Gasteiger partial charge in [0.25, 0.3) is 0 Å². The fourth-order valence-electron chi connectivity index (χ4n) is 1.78. The van der Waals surface area contributed by atoms with Crippen LogP contribution in [0.1, 0.15) is 33.6 Å². The summed E-state index contributed by atoms with van der Waals surface area (Å²) in [7, 11) is 0. The molecule has 1 amide bonds. The molecule has 0 spiro atoms.